The molecule has 6 nitrogen and oxygen atoms in total. The highest BCUT2D eigenvalue weighted by atomic mass is 16.2. The number of rotatable bonds is 2. The van der Waals surface area contributed by atoms with E-state index in [1.54, 1.807) is 13.8 Å². The summed E-state index contributed by atoms with van der Waals surface area (Å²) in [4.78, 5) is 33.8. The predicted molar refractivity (Wildman–Crippen MR) is 43.5 cm³/mol. The van der Waals surface area contributed by atoms with E-state index < -0.39 is 23.4 Å². The number of primary amides is 1. The van der Waals surface area contributed by atoms with Gasteiger partial charge in [0.25, 0.3) is 5.91 Å². The number of imide groups is 1. The smallest absolute Gasteiger partial charge is 0.325 e. The summed E-state index contributed by atoms with van der Waals surface area (Å²) in [5, 5.41) is 2.43. The molecule has 6 heteroatoms. The van der Waals surface area contributed by atoms with Gasteiger partial charge in [-0.15, -0.1) is 0 Å². The van der Waals surface area contributed by atoms with Crippen LogP contribution in [0.4, 0.5) is 4.79 Å². The summed E-state index contributed by atoms with van der Waals surface area (Å²) in [5.41, 5.74) is 3.93. The van der Waals surface area contributed by atoms with Crippen LogP contribution < -0.4 is 11.1 Å². The molecule has 0 bridgehead atoms. The lowest BCUT2D eigenvalue weighted by molar-refractivity contribution is -0.133. The monoisotopic (exact) mass is 185 g/mol. The van der Waals surface area contributed by atoms with Gasteiger partial charge in [-0.1, -0.05) is 0 Å². The molecule has 0 aromatic rings. The van der Waals surface area contributed by atoms with Crippen molar-refractivity contribution in [1.82, 2.24) is 10.2 Å². The zero-order chi connectivity index (χ0) is 10.2. The van der Waals surface area contributed by atoms with E-state index >= 15 is 0 Å². The van der Waals surface area contributed by atoms with E-state index in [0.29, 0.717) is 0 Å². The van der Waals surface area contributed by atoms with Gasteiger partial charge < -0.3 is 11.1 Å². The first kappa shape index (κ1) is 9.50. The highest BCUT2D eigenvalue weighted by molar-refractivity contribution is 6.08. The molecule has 1 aliphatic rings. The molecule has 0 unspecified atom stereocenters. The van der Waals surface area contributed by atoms with Crippen LogP contribution >= 0.6 is 0 Å². The summed E-state index contributed by atoms with van der Waals surface area (Å²) in [6.07, 6.45) is 0. The molecule has 0 spiro atoms. The number of nitrogens with one attached hydrogen (secondary N) is 1. The fourth-order valence-corrected chi connectivity index (χ4v) is 1.12. The lowest BCUT2D eigenvalue weighted by Crippen LogP contribution is -2.42. The van der Waals surface area contributed by atoms with E-state index in [9.17, 15) is 14.4 Å². The van der Waals surface area contributed by atoms with Crippen molar-refractivity contribution >= 4 is 17.8 Å². The minimum Gasteiger partial charge on any atom is -0.368 e. The molecule has 0 atom stereocenters. The standard InChI is InChI=1S/C7H11N3O3/c1-7(2)5(12)10(3-4(8)11)6(13)9-7/h3H2,1-2H3,(H2,8,11)(H,9,13). The van der Waals surface area contributed by atoms with Crippen LogP contribution in [0.1, 0.15) is 13.8 Å². The number of nitrogens with zero attached hydrogens (tertiary/aromatic N) is 1. The summed E-state index contributed by atoms with van der Waals surface area (Å²) < 4.78 is 0. The molecule has 1 aliphatic heterocycles. The van der Waals surface area contributed by atoms with E-state index in [0.717, 1.165) is 4.90 Å². The van der Waals surface area contributed by atoms with Gasteiger partial charge in [-0.25, -0.2) is 4.79 Å². The van der Waals surface area contributed by atoms with Gasteiger partial charge in [0.15, 0.2) is 0 Å². The predicted octanol–water partition coefficient (Wildman–Crippen LogP) is -1.20. The maximum atomic E-state index is 11.4. The Morgan fingerprint density at radius 1 is 1.54 bits per heavy atom. The van der Waals surface area contributed by atoms with Gasteiger partial charge in [0, 0.05) is 0 Å². The van der Waals surface area contributed by atoms with E-state index in [1.165, 1.54) is 0 Å². The number of carbonyl (C=O) groups is 3. The average molecular weight is 185 g/mol. The zero-order valence-corrected chi connectivity index (χ0v) is 7.46. The molecule has 0 saturated carbocycles. The van der Waals surface area contributed by atoms with Crippen molar-refractivity contribution < 1.29 is 14.4 Å². The second kappa shape index (κ2) is 2.72. The van der Waals surface area contributed by atoms with Gasteiger partial charge in [-0.2, -0.15) is 0 Å². The summed E-state index contributed by atoms with van der Waals surface area (Å²) in [6.45, 7) is 2.76. The molecule has 0 radical (unpaired) electrons. The van der Waals surface area contributed by atoms with Crippen LogP contribution in [0.5, 0.6) is 0 Å². The normalized spacial score (nSPS) is 20.3. The Balaban J connectivity index is 2.83. The highest BCUT2D eigenvalue weighted by Crippen LogP contribution is 2.15. The van der Waals surface area contributed by atoms with Crippen LogP contribution in [0, 0.1) is 0 Å². The SMILES string of the molecule is CC1(C)NC(=O)N(CC(N)=O)C1=O. The molecule has 1 rings (SSSR count). The third kappa shape index (κ3) is 1.61. The molecular weight excluding hydrogens is 174 g/mol. The summed E-state index contributed by atoms with van der Waals surface area (Å²) >= 11 is 0. The average Bonchev–Trinajstić information content (AvgIpc) is 2.12. The molecule has 13 heavy (non-hydrogen) atoms. The Labute approximate surface area is 75.1 Å². The Morgan fingerprint density at radius 3 is 2.38 bits per heavy atom. The van der Waals surface area contributed by atoms with Crippen molar-refractivity contribution in [3.05, 3.63) is 0 Å². The maximum absolute atomic E-state index is 11.4. The van der Waals surface area contributed by atoms with Gasteiger partial charge in [0.1, 0.15) is 12.1 Å². The third-order valence-corrected chi connectivity index (χ3v) is 1.76. The number of hydrogen-bond donors (Lipinski definition) is 2. The summed E-state index contributed by atoms with van der Waals surface area (Å²) in [5.74, 6) is -1.14. The van der Waals surface area contributed by atoms with Gasteiger partial charge in [-0.05, 0) is 13.8 Å². The first-order chi connectivity index (χ1) is 5.84. The lowest BCUT2D eigenvalue weighted by atomic mass is 10.1. The van der Waals surface area contributed by atoms with Crippen molar-refractivity contribution in [2.75, 3.05) is 6.54 Å². The van der Waals surface area contributed by atoms with Crippen LogP contribution in [0.25, 0.3) is 0 Å². The fourth-order valence-electron chi connectivity index (χ4n) is 1.12. The van der Waals surface area contributed by atoms with Crippen LogP contribution in [0.3, 0.4) is 0 Å². The number of nitrogens with two attached hydrogens (primary N) is 1. The van der Waals surface area contributed by atoms with Gasteiger partial charge in [0.05, 0.1) is 0 Å². The second-order valence-corrected chi connectivity index (χ2v) is 3.41. The maximum Gasteiger partial charge on any atom is 0.325 e. The van der Waals surface area contributed by atoms with Crippen LogP contribution in [-0.4, -0.2) is 34.8 Å². The minimum atomic E-state index is -0.938. The van der Waals surface area contributed by atoms with E-state index in [4.69, 9.17) is 5.73 Å². The van der Waals surface area contributed by atoms with Crippen molar-refractivity contribution in [3.63, 3.8) is 0 Å². The van der Waals surface area contributed by atoms with Gasteiger partial charge in [-0.3, -0.25) is 14.5 Å². The number of carbonyl (C=O) groups excluding carboxylic acids is 3. The van der Waals surface area contributed by atoms with Gasteiger partial charge >= 0.3 is 6.03 Å². The van der Waals surface area contributed by atoms with Crippen molar-refractivity contribution in [2.45, 2.75) is 19.4 Å². The van der Waals surface area contributed by atoms with Crippen molar-refractivity contribution in [3.8, 4) is 0 Å². The molecule has 1 saturated heterocycles. The minimum absolute atomic E-state index is 0.367. The van der Waals surface area contributed by atoms with Gasteiger partial charge in [0.2, 0.25) is 5.91 Å². The number of urea groups is 1. The first-order valence-corrected chi connectivity index (χ1v) is 3.77. The lowest BCUT2D eigenvalue weighted by Gasteiger charge is -2.14. The molecule has 0 aliphatic carbocycles. The highest BCUT2D eigenvalue weighted by Gasteiger charge is 2.44. The molecular formula is C7H11N3O3. The Hall–Kier alpha value is -1.59. The molecule has 1 heterocycles. The molecule has 0 aromatic carbocycles. The largest absolute Gasteiger partial charge is 0.368 e. The third-order valence-electron chi connectivity index (χ3n) is 1.76. The first-order valence-electron chi connectivity index (χ1n) is 3.77. The molecule has 1 fully saturated rings. The number of hydrogen-bond acceptors (Lipinski definition) is 3. The molecule has 72 valence electrons. The molecule has 0 aromatic heterocycles. The number of amides is 4. The van der Waals surface area contributed by atoms with Crippen molar-refractivity contribution in [2.24, 2.45) is 5.73 Å². The van der Waals surface area contributed by atoms with E-state index in [2.05, 4.69) is 5.32 Å². The Kier molecular flexibility index (Phi) is 1.99. The summed E-state index contributed by atoms with van der Waals surface area (Å²) in [6, 6.07) is -0.575. The second-order valence-electron chi connectivity index (χ2n) is 3.41. The quantitative estimate of drug-likeness (QED) is 0.529. The van der Waals surface area contributed by atoms with E-state index in [-0.39, 0.29) is 6.54 Å². The molecule has 3 N–H and O–H groups in total. The zero-order valence-electron chi connectivity index (χ0n) is 7.46. The van der Waals surface area contributed by atoms with E-state index in [1.807, 2.05) is 0 Å². The Bertz CT molecular complexity index is 285. The molecule has 4 amide bonds. The van der Waals surface area contributed by atoms with Crippen LogP contribution in [0.15, 0.2) is 0 Å². The van der Waals surface area contributed by atoms with Crippen molar-refractivity contribution in [1.29, 1.82) is 0 Å². The fraction of sp³-hybridized carbons (Fsp3) is 0.571. The van der Waals surface area contributed by atoms with Crippen LogP contribution in [-0.2, 0) is 9.59 Å². The topological polar surface area (TPSA) is 92.5 Å². The van der Waals surface area contributed by atoms with Crippen LogP contribution in [0.2, 0.25) is 0 Å². The Morgan fingerprint density at radius 2 is 2.08 bits per heavy atom. The summed E-state index contributed by atoms with van der Waals surface area (Å²) in [7, 11) is 0.